The van der Waals surface area contributed by atoms with Crippen LogP contribution in [0.1, 0.15) is 22.5 Å². The fourth-order valence-corrected chi connectivity index (χ4v) is 3.05. The predicted molar refractivity (Wildman–Crippen MR) is 103 cm³/mol. The zero-order chi connectivity index (χ0) is 18.6. The van der Waals surface area contributed by atoms with Crippen LogP contribution in [0.25, 0.3) is 6.08 Å². The Morgan fingerprint density at radius 3 is 2.78 bits per heavy atom. The maximum Gasteiger partial charge on any atom is 0.248 e. The summed E-state index contributed by atoms with van der Waals surface area (Å²) in [6, 6.07) is 15.7. The summed E-state index contributed by atoms with van der Waals surface area (Å²) >= 11 is 0. The van der Waals surface area contributed by atoms with Crippen LogP contribution in [0.5, 0.6) is 0 Å². The molecule has 0 bridgehead atoms. The first-order valence-electron chi connectivity index (χ1n) is 8.65. The third-order valence-electron chi connectivity index (χ3n) is 4.35. The zero-order valence-electron chi connectivity index (χ0n) is 14.5. The van der Waals surface area contributed by atoms with E-state index in [1.165, 1.54) is 18.2 Å². The van der Waals surface area contributed by atoms with Crippen molar-refractivity contribution < 1.29 is 13.6 Å². The summed E-state index contributed by atoms with van der Waals surface area (Å²) in [4.78, 5) is 16.6. The molecule has 0 unspecified atom stereocenters. The van der Waals surface area contributed by atoms with Gasteiger partial charge in [0.1, 0.15) is 11.6 Å². The van der Waals surface area contributed by atoms with E-state index in [9.17, 15) is 9.18 Å². The molecule has 2 aromatic carbocycles. The summed E-state index contributed by atoms with van der Waals surface area (Å²) in [5.41, 5.74) is 4.28. The Bertz CT molecular complexity index is 1020. The Hall–Kier alpha value is -3.47. The van der Waals surface area contributed by atoms with Crippen molar-refractivity contribution in [2.75, 3.05) is 11.9 Å². The Morgan fingerprint density at radius 2 is 2.00 bits per heavy atom. The summed E-state index contributed by atoms with van der Waals surface area (Å²) in [6.07, 6.45) is 5.38. The van der Waals surface area contributed by atoms with E-state index in [1.807, 2.05) is 30.3 Å². The number of hydrogen-bond acceptors (Lipinski definition) is 3. The second kappa shape index (κ2) is 7.41. The number of hydrogen-bond donors (Lipinski definition) is 1. The van der Waals surface area contributed by atoms with E-state index in [2.05, 4.69) is 10.3 Å². The molecular formula is C22H17FN2O2. The highest BCUT2D eigenvalue weighted by molar-refractivity contribution is 6.14. The predicted octanol–water partition coefficient (Wildman–Crippen LogP) is 4.46. The van der Waals surface area contributed by atoms with Gasteiger partial charge >= 0.3 is 0 Å². The molecule has 1 aliphatic rings. The van der Waals surface area contributed by atoms with Gasteiger partial charge in [-0.05, 0) is 54.5 Å². The Kier molecular flexibility index (Phi) is 4.66. The van der Waals surface area contributed by atoms with Crippen LogP contribution in [0.2, 0.25) is 0 Å². The Balaban J connectivity index is 1.49. The highest BCUT2D eigenvalue weighted by Gasteiger charge is 2.16. The number of amides is 1. The molecule has 1 aliphatic heterocycles. The van der Waals surface area contributed by atoms with E-state index >= 15 is 0 Å². The topological polar surface area (TPSA) is 54.6 Å². The van der Waals surface area contributed by atoms with Crippen molar-refractivity contribution in [2.24, 2.45) is 4.99 Å². The average Bonchev–Trinajstić information content (AvgIpc) is 3.20. The largest absolute Gasteiger partial charge is 0.465 e. The first-order valence-corrected chi connectivity index (χ1v) is 8.65. The number of benzene rings is 2. The summed E-state index contributed by atoms with van der Waals surface area (Å²) in [5.74, 6) is 0.0962. The number of aliphatic imine (C=N–C) groups is 1. The molecule has 0 atom stereocenters. The SMILES string of the molecule is O=C(C=Cc1ccco1)Nc1ccc(C2=NCCc3ccc(F)cc32)cc1. The molecule has 27 heavy (non-hydrogen) atoms. The molecule has 4 rings (SSSR count). The Morgan fingerprint density at radius 1 is 1.15 bits per heavy atom. The van der Waals surface area contributed by atoms with Crippen LogP contribution in [0, 0.1) is 5.82 Å². The van der Waals surface area contributed by atoms with Gasteiger partial charge in [-0.25, -0.2) is 4.39 Å². The van der Waals surface area contributed by atoms with Crippen molar-refractivity contribution in [3.8, 4) is 0 Å². The number of halogens is 1. The quantitative estimate of drug-likeness (QED) is 0.698. The maximum atomic E-state index is 13.7. The van der Waals surface area contributed by atoms with Crippen molar-refractivity contribution in [1.82, 2.24) is 0 Å². The van der Waals surface area contributed by atoms with E-state index in [1.54, 1.807) is 24.5 Å². The number of furan rings is 1. The lowest BCUT2D eigenvalue weighted by atomic mass is 9.93. The number of nitrogens with one attached hydrogen (secondary N) is 1. The van der Waals surface area contributed by atoms with Crippen LogP contribution < -0.4 is 5.32 Å². The van der Waals surface area contributed by atoms with Crippen molar-refractivity contribution in [1.29, 1.82) is 0 Å². The minimum atomic E-state index is -0.268. The van der Waals surface area contributed by atoms with Gasteiger partial charge < -0.3 is 9.73 Å². The molecule has 0 saturated carbocycles. The van der Waals surface area contributed by atoms with E-state index in [-0.39, 0.29) is 11.7 Å². The van der Waals surface area contributed by atoms with Crippen molar-refractivity contribution in [2.45, 2.75) is 6.42 Å². The second-order valence-corrected chi connectivity index (χ2v) is 6.20. The van der Waals surface area contributed by atoms with Crippen LogP contribution in [-0.4, -0.2) is 18.2 Å². The van der Waals surface area contributed by atoms with E-state index < -0.39 is 0 Å². The van der Waals surface area contributed by atoms with Gasteiger partial charge in [-0.3, -0.25) is 9.79 Å². The van der Waals surface area contributed by atoms with Gasteiger partial charge in [0.2, 0.25) is 5.91 Å². The molecule has 5 heteroatoms. The molecule has 134 valence electrons. The van der Waals surface area contributed by atoms with E-state index in [0.29, 0.717) is 18.0 Å². The molecule has 1 amide bonds. The number of anilines is 1. The van der Waals surface area contributed by atoms with Gasteiger partial charge in [0.05, 0.1) is 12.0 Å². The van der Waals surface area contributed by atoms with Crippen molar-refractivity contribution in [3.05, 3.63) is 95.2 Å². The van der Waals surface area contributed by atoms with Crippen LogP contribution >= 0.6 is 0 Å². The number of nitrogens with zero attached hydrogens (tertiary/aromatic N) is 1. The smallest absolute Gasteiger partial charge is 0.248 e. The van der Waals surface area contributed by atoms with Crippen LogP contribution in [-0.2, 0) is 11.2 Å². The lowest BCUT2D eigenvalue weighted by molar-refractivity contribution is -0.111. The lowest BCUT2D eigenvalue weighted by Crippen LogP contribution is -2.14. The van der Waals surface area contributed by atoms with Gasteiger partial charge in [-0.2, -0.15) is 0 Å². The highest BCUT2D eigenvalue weighted by Crippen LogP contribution is 2.22. The van der Waals surface area contributed by atoms with Crippen molar-refractivity contribution >= 4 is 23.4 Å². The summed E-state index contributed by atoms with van der Waals surface area (Å²) in [5, 5.41) is 2.80. The van der Waals surface area contributed by atoms with Gasteiger partial charge in [-0.15, -0.1) is 0 Å². The normalized spacial score (nSPS) is 13.3. The van der Waals surface area contributed by atoms with Gasteiger partial charge in [0.25, 0.3) is 0 Å². The summed E-state index contributed by atoms with van der Waals surface area (Å²) in [7, 11) is 0. The average molecular weight is 360 g/mol. The molecule has 3 aromatic rings. The lowest BCUT2D eigenvalue weighted by Gasteiger charge is -2.17. The summed E-state index contributed by atoms with van der Waals surface area (Å²) < 4.78 is 18.8. The molecule has 1 aromatic heterocycles. The molecule has 2 heterocycles. The summed E-state index contributed by atoms with van der Waals surface area (Å²) in [6.45, 7) is 0.685. The first-order chi connectivity index (χ1) is 13.2. The maximum absolute atomic E-state index is 13.7. The zero-order valence-corrected chi connectivity index (χ0v) is 14.5. The van der Waals surface area contributed by atoms with Gasteiger partial charge in [0, 0.05) is 29.4 Å². The molecule has 0 aliphatic carbocycles. The standard InChI is InChI=1S/C22H17FN2O2/c23-17-6-3-15-11-12-24-22(20(15)14-17)16-4-7-18(8-5-16)25-21(26)10-9-19-2-1-13-27-19/h1-10,13-14H,11-12H2,(H,25,26). The molecule has 4 nitrogen and oxygen atoms in total. The van der Waals surface area contributed by atoms with E-state index in [4.69, 9.17) is 4.42 Å². The first kappa shape index (κ1) is 17.0. The molecule has 0 spiro atoms. The minimum Gasteiger partial charge on any atom is -0.465 e. The number of carbonyl (C=O) groups excluding carboxylic acids is 1. The van der Waals surface area contributed by atoms with Gasteiger partial charge in [0.15, 0.2) is 0 Å². The van der Waals surface area contributed by atoms with Crippen molar-refractivity contribution in [3.63, 3.8) is 0 Å². The minimum absolute atomic E-state index is 0.249. The Labute approximate surface area is 156 Å². The molecular weight excluding hydrogens is 343 g/mol. The fraction of sp³-hybridized carbons (Fsp3) is 0.0909. The van der Waals surface area contributed by atoms with Crippen LogP contribution in [0.3, 0.4) is 0 Å². The van der Waals surface area contributed by atoms with Crippen LogP contribution in [0.15, 0.2) is 76.3 Å². The van der Waals surface area contributed by atoms with Crippen LogP contribution in [0.4, 0.5) is 10.1 Å². The fourth-order valence-electron chi connectivity index (χ4n) is 3.05. The van der Waals surface area contributed by atoms with E-state index in [0.717, 1.165) is 28.8 Å². The second-order valence-electron chi connectivity index (χ2n) is 6.20. The number of rotatable bonds is 4. The van der Waals surface area contributed by atoms with Gasteiger partial charge in [-0.1, -0.05) is 18.2 Å². The molecule has 0 radical (unpaired) electrons. The highest BCUT2D eigenvalue weighted by atomic mass is 19.1. The number of fused-ring (bicyclic) bond motifs is 1. The molecule has 1 N–H and O–H groups in total. The molecule has 0 saturated heterocycles. The molecule has 0 fully saturated rings. The number of carbonyl (C=O) groups is 1. The third-order valence-corrected chi connectivity index (χ3v) is 4.35. The third kappa shape index (κ3) is 3.87. The monoisotopic (exact) mass is 360 g/mol.